The number of benzene rings is 2. The maximum Gasteiger partial charge on any atom is 0.247 e. The molecule has 2 amide bonds. The number of piperazine rings is 1. The predicted molar refractivity (Wildman–Crippen MR) is 135 cm³/mol. The van der Waals surface area contributed by atoms with Crippen molar-refractivity contribution in [3.63, 3.8) is 0 Å². The molecule has 0 aliphatic carbocycles. The Morgan fingerprint density at radius 2 is 1.89 bits per heavy atom. The standard InChI is InChI=1S/C26H32F2N6O2/c1-16-2-3-22(28)21-13-23(31-25(16)21)26(36)30-18-10-17(27)11-20(12-18)34-5-4-19(14-34)33-8-6-32(7-9-33)15-24(29)35/h2-3,10-12,19,23,31H,4-9,13-15H2,1H3,(H2,29,35)(H,30,36)/t19-,23?/m0/s1. The van der Waals surface area contributed by atoms with Gasteiger partial charge in [-0.3, -0.25) is 19.4 Å². The number of carbonyl (C=O) groups is 2. The summed E-state index contributed by atoms with van der Waals surface area (Å²) in [5.74, 6) is -1.38. The monoisotopic (exact) mass is 498 g/mol. The SMILES string of the molecule is Cc1ccc(F)c2c1NC(C(=O)Nc1cc(F)cc(N3CC[C@H](N4CCN(CC(N)=O)CC4)C3)c1)C2. The molecule has 0 radical (unpaired) electrons. The Bertz CT molecular complexity index is 1140. The Kier molecular flexibility index (Phi) is 6.81. The highest BCUT2D eigenvalue weighted by Crippen LogP contribution is 2.32. The van der Waals surface area contributed by atoms with Crippen LogP contribution in [0.15, 0.2) is 30.3 Å². The molecule has 2 aromatic rings. The average molecular weight is 499 g/mol. The van der Waals surface area contributed by atoms with E-state index in [9.17, 15) is 18.4 Å². The summed E-state index contributed by atoms with van der Waals surface area (Å²) in [6.45, 7) is 7.07. The number of rotatable bonds is 6. The molecule has 8 nitrogen and oxygen atoms in total. The summed E-state index contributed by atoms with van der Waals surface area (Å²) in [7, 11) is 0. The minimum Gasteiger partial charge on any atom is -0.373 e. The molecule has 0 spiro atoms. The molecular formula is C26H32F2N6O2. The number of halogens is 2. The first-order valence-corrected chi connectivity index (χ1v) is 12.4. The number of hydrogen-bond acceptors (Lipinski definition) is 6. The lowest BCUT2D eigenvalue weighted by Crippen LogP contribution is -2.52. The maximum atomic E-state index is 14.5. The normalized spacial score (nSPS) is 22.4. The van der Waals surface area contributed by atoms with Crippen LogP contribution in [0, 0.1) is 18.6 Å². The van der Waals surface area contributed by atoms with E-state index in [0.717, 1.165) is 56.9 Å². The topological polar surface area (TPSA) is 93.9 Å². The minimum absolute atomic E-state index is 0.247. The van der Waals surface area contributed by atoms with Crippen molar-refractivity contribution in [2.75, 3.05) is 61.3 Å². The predicted octanol–water partition coefficient (Wildman–Crippen LogP) is 1.93. The summed E-state index contributed by atoms with van der Waals surface area (Å²) in [6.07, 6.45) is 1.21. The second kappa shape index (κ2) is 10.0. The van der Waals surface area contributed by atoms with E-state index in [2.05, 4.69) is 25.3 Å². The number of primary amides is 1. The number of amides is 2. The van der Waals surface area contributed by atoms with Gasteiger partial charge in [-0.1, -0.05) is 6.07 Å². The number of aryl methyl sites for hydroxylation is 1. The summed E-state index contributed by atoms with van der Waals surface area (Å²) in [6, 6.07) is 7.42. The van der Waals surface area contributed by atoms with E-state index in [1.54, 1.807) is 12.1 Å². The largest absolute Gasteiger partial charge is 0.373 e. The van der Waals surface area contributed by atoms with E-state index in [0.29, 0.717) is 29.5 Å². The summed E-state index contributed by atoms with van der Waals surface area (Å²) in [5.41, 5.74) is 8.47. The Balaban J connectivity index is 1.20. The summed E-state index contributed by atoms with van der Waals surface area (Å²) < 4.78 is 28.7. The van der Waals surface area contributed by atoms with Gasteiger partial charge < -0.3 is 21.3 Å². The number of carbonyl (C=O) groups excluding carboxylic acids is 2. The van der Waals surface area contributed by atoms with Gasteiger partial charge in [-0.2, -0.15) is 0 Å². The van der Waals surface area contributed by atoms with Crippen LogP contribution < -0.4 is 21.3 Å². The minimum atomic E-state index is -0.619. The van der Waals surface area contributed by atoms with Crippen molar-refractivity contribution in [2.45, 2.75) is 31.8 Å². The van der Waals surface area contributed by atoms with Gasteiger partial charge in [0.05, 0.1) is 6.54 Å². The van der Waals surface area contributed by atoms with Gasteiger partial charge in [0, 0.05) is 74.4 Å². The van der Waals surface area contributed by atoms with E-state index in [4.69, 9.17) is 5.73 Å². The maximum absolute atomic E-state index is 14.5. The van der Waals surface area contributed by atoms with Crippen LogP contribution in [0.5, 0.6) is 0 Å². The molecular weight excluding hydrogens is 466 g/mol. The lowest BCUT2D eigenvalue weighted by atomic mass is 10.1. The first kappa shape index (κ1) is 24.5. The van der Waals surface area contributed by atoms with Crippen LogP contribution in [-0.4, -0.2) is 79.5 Å². The fraction of sp³-hybridized carbons (Fsp3) is 0.462. The fourth-order valence-electron chi connectivity index (χ4n) is 5.57. The van der Waals surface area contributed by atoms with Gasteiger partial charge >= 0.3 is 0 Å². The van der Waals surface area contributed by atoms with Crippen LogP contribution in [0.25, 0.3) is 0 Å². The molecule has 0 bridgehead atoms. The molecule has 0 aromatic heterocycles. The van der Waals surface area contributed by atoms with Gasteiger partial charge in [0.2, 0.25) is 11.8 Å². The molecule has 192 valence electrons. The molecule has 2 aromatic carbocycles. The molecule has 5 rings (SSSR count). The van der Waals surface area contributed by atoms with Crippen LogP contribution in [0.3, 0.4) is 0 Å². The molecule has 0 saturated carbocycles. The van der Waals surface area contributed by atoms with Gasteiger partial charge in [0.25, 0.3) is 0 Å². The van der Waals surface area contributed by atoms with Crippen molar-refractivity contribution >= 4 is 28.9 Å². The van der Waals surface area contributed by atoms with Gasteiger partial charge in [-0.15, -0.1) is 0 Å². The summed E-state index contributed by atoms with van der Waals surface area (Å²) >= 11 is 0. The van der Waals surface area contributed by atoms with Crippen molar-refractivity contribution in [3.8, 4) is 0 Å². The second-order valence-corrected chi connectivity index (χ2v) is 9.97. The number of nitrogens with one attached hydrogen (secondary N) is 2. The third kappa shape index (κ3) is 5.15. The molecule has 3 heterocycles. The van der Waals surface area contributed by atoms with Gasteiger partial charge in [0.1, 0.15) is 17.7 Å². The second-order valence-electron chi connectivity index (χ2n) is 9.97. The Morgan fingerprint density at radius 3 is 2.61 bits per heavy atom. The molecule has 3 aliphatic heterocycles. The summed E-state index contributed by atoms with van der Waals surface area (Å²) in [5, 5.41) is 5.93. The first-order chi connectivity index (χ1) is 17.3. The number of nitrogens with two attached hydrogens (primary N) is 1. The van der Waals surface area contributed by atoms with Crippen molar-refractivity contribution < 1.29 is 18.4 Å². The van der Waals surface area contributed by atoms with Crippen molar-refractivity contribution in [2.24, 2.45) is 5.73 Å². The number of nitrogens with zero attached hydrogens (tertiary/aromatic N) is 3. The molecule has 4 N–H and O–H groups in total. The van der Waals surface area contributed by atoms with E-state index in [1.807, 2.05) is 6.92 Å². The molecule has 2 saturated heterocycles. The third-order valence-corrected chi connectivity index (χ3v) is 7.49. The molecule has 1 unspecified atom stereocenters. The zero-order valence-corrected chi connectivity index (χ0v) is 20.4. The molecule has 36 heavy (non-hydrogen) atoms. The smallest absolute Gasteiger partial charge is 0.247 e. The number of anilines is 3. The van der Waals surface area contributed by atoms with Crippen LogP contribution >= 0.6 is 0 Å². The molecule has 2 fully saturated rings. The van der Waals surface area contributed by atoms with Gasteiger partial charge in [-0.05, 0) is 43.2 Å². The highest BCUT2D eigenvalue weighted by Gasteiger charge is 2.32. The third-order valence-electron chi connectivity index (χ3n) is 7.49. The van der Waals surface area contributed by atoms with Gasteiger partial charge in [0.15, 0.2) is 0 Å². The van der Waals surface area contributed by atoms with E-state index in [-0.39, 0.29) is 24.1 Å². The number of fused-ring (bicyclic) bond motifs is 1. The van der Waals surface area contributed by atoms with Crippen molar-refractivity contribution in [1.29, 1.82) is 0 Å². The fourth-order valence-corrected chi connectivity index (χ4v) is 5.57. The highest BCUT2D eigenvalue weighted by atomic mass is 19.1. The van der Waals surface area contributed by atoms with E-state index < -0.39 is 11.9 Å². The Morgan fingerprint density at radius 1 is 1.11 bits per heavy atom. The van der Waals surface area contributed by atoms with Crippen LogP contribution in [0.4, 0.5) is 25.8 Å². The quantitative estimate of drug-likeness (QED) is 0.564. The van der Waals surface area contributed by atoms with Crippen molar-refractivity contribution in [1.82, 2.24) is 9.80 Å². The molecule has 10 heteroatoms. The molecule has 2 atom stereocenters. The van der Waals surface area contributed by atoms with Crippen LogP contribution in [0.2, 0.25) is 0 Å². The van der Waals surface area contributed by atoms with Crippen molar-refractivity contribution in [3.05, 3.63) is 53.1 Å². The average Bonchev–Trinajstić information content (AvgIpc) is 3.50. The zero-order valence-electron chi connectivity index (χ0n) is 20.4. The lowest BCUT2D eigenvalue weighted by Gasteiger charge is -2.37. The lowest BCUT2D eigenvalue weighted by molar-refractivity contribution is -0.119. The molecule has 3 aliphatic rings. The van der Waals surface area contributed by atoms with E-state index in [1.165, 1.54) is 18.2 Å². The highest BCUT2D eigenvalue weighted by molar-refractivity contribution is 5.98. The van der Waals surface area contributed by atoms with E-state index >= 15 is 0 Å². The number of hydrogen-bond donors (Lipinski definition) is 3. The Labute approximate surface area is 209 Å². The van der Waals surface area contributed by atoms with Crippen LogP contribution in [-0.2, 0) is 16.0 Å². The van der Waals surface area contributed by atoms with Crippen LogP contribution in [0.1, 0.15) is 17.5 Å². The van der Waals surface area contributed by atoms with Gasteiger partial charge in [-0.25, -0.2) is 8.78 Å². The summed E-state index contributed by atoms with van der Waals surface area (Å²) in [4.78, 5) is 30.7. The first-order valence-electron chi connectivity index (χ1n) is 12.4. The zero-order chi connectivity index (χ0) is 25.4. The Hall–Kier alpha value is -3.24.